The topological polar surface area (TPSA) is 39.2 Å². The van der Waals surface area contributed by atoms with Crippen LogP contribution in [0.1, 0.15) is 58.6 Å². The van der Waals surface area contributed by atoms with Gasteiger partial charge in [-0.1, -0.05) is 0 Å². The van der Waals surface area contributed by atoms with Crippen LogP contribution in [0.15, 0.2) is 0 Å². The molecule has 0 unspecified atom stereocenters. The number of hydrogen-bond donors (Lipinski definition) is 0. The highest BCUT2D eigenvalue weighted by Crippen LogP contribution is 2.31. The summed E-state index contributed by atoms with van der Waals surface area (Å²) < 4.78 is 5.00. The van der Waals surface area contributed by atoms with Gasteiger partial charge in [-0.05, 0) is 62.5 Å². The van der Waals surface area contributed by atoms with Crippen molar-refractivity contribution in [3.63, 3.8) is 0 Å². The summed E-state index contributed by atoms with van der Waals surface area (Å²) in [6, 6.07) is 0. The lowest BCUT2D eigenvalue weighted by Gasteiger charge is -2.25. The van der Waals surface area contributed by atoms with Crippen molar-refractivity contribution in [3.8, 4) is 0 Å². The molecule has 0 atom stereocenters. The van der Waals surface area contributed by atoms with Crippen LogP contribution in [0.5, 0.6) is 0 Å². The van der Waals surface area contributed by atoms with Gasteiger partial charge in [0.1, 0.15) is 0 Å². The van der Waals surface area contributed by atoms with Crippen molar-refractivity contribution in [3.05, 3.63) is 28.1 Å². The minimum Gasteiger partial charge on any atom is -0.465 e. The number of fused-ring (bicyclic) bond motifs is 2. The molecular formula is C15H19NO2. The Labute approximate surface area is 108 Å². The van der Waals surface area contributed by atoms with Gasteiger partial charge in [0.2, 0.25) is 0 Å². The number of aryl methyl sites for hydroxylation is 2. The third-order valence-electron chi connectivity index (χ3n) is 4.14. The first-order valence-corrected chi connectivity index (χ1v) is 6.93. The van der Waals surface area contributed by atoms with Crippen LogP contribution < -0.4 is 0 Å². The van der Waals surface area contributed by atoms with Crippen molar-refractivity contribution in [1.29, 1.82) is 0 Å². The van der Waals surface area contributed by atoms with E-state index in [4.69, 9.17) is 9.72 Å². The molecule has 3 heteroatoms. The van der Waals surface area contributed by atoms with Gasteiger partial charge < -0.3 is 4.74 Å². The number of rotatable bonds is 1. The molecule has 2 aliphatic rings. The average molecular weight is 245 g/mol. The Hall–Kier alpha value is -1.38. The molecule has 0 spiro atoms. The van der Waals surface area contributed by atoms with E-state index in [0.717, 1.165) is 55.5 Å². The lowest BCUT2D eigenvalue weighted by molar-refractivity contribution is 0.0597. The van der Waals surface area contributed by atoms with E-state index in [1.54, 1.807) is 0 Å². The Balaban J connectivity index is 2.20. The van der Waals surface area contributed by atoms with Crippen LogP contribution >= 0.6 is 0 Å². The minimum absolute atomic E-state index is 0.159. The lowest BCUT2D eigenvalue weighted by Crippen LogP contribution is -2.21. The number of aromatic nitrogens is 1. The van der Waals surface area contributed by atoms with Gasteiger partial charge in [0, 0.05) is 11.4 Å². The molecule has 0 aromatic carbocycles. The smallest absolute Gasteiger partial charge is 0.338 e. The molecular weight excluding hydrogens is 226 g/mol. The molecule has 0 aliphatic heterocycles. The predicted molar refractivity (Wildman–Crippen MR) is 68.9 cm³/mol. The van der Waals surface area contributed by atoms with Gasteiger partial charge in [0.25, 0.3) is 0 Å². The summed E-state index contributed by atoms with van der Waals surface area (Å²) in [4.78, 5) is 16.9. The van der Waals surface area contributed by atoms with Crippen LogP contribution in [-0.2, 0) is 30.4 Å². The zero-order valence-electron chi connectivity index (χ0n) is 10.9. The number of carbonyl (C=O) groups excluding carboxylic acids is 1. The van der Waals surface area contributed by atoms with Gasteiger partial charge >= 0.3 is 5.97 Å². The van der Waals surface area contributed by atoms with E-state index < -0.39 is 0 Å². The molecule has 0 saturated carbocycles. The van der Waals surface area contributed by atoms with Crippen LogP contribution in [0.2, 0.25) is 0 Å². The van der Waals surface area contributed by atoms with Crippen LogP contribution in [0.3, 0.4) is 0 Å². The van der Waals surface area contributed by atoms with Crippen molar-refractivity contribution >= 4 is 5.97 Å². The van der Waals surface area contributed by atoms with E-state index >= 15 is 0 Å². The normalized spacial score (nSPS) is 17.8. The number of methoxy groups -OCH3 is 1. The zero-order chi connectivity index (χ0) is 12.5. The molecule has 3 nitrogen and oxygen atoms in total. The Morgan fingerprint density at radius 1 is 0.944 bits per heavy atom. The Bertz CT molecular complexity index is 460. The maximum atomic E-state index is 12.1. The largest absolute Gasteiger partial charge is 0.465 e. The molecule has 0 fully saturated rings. The van der Waals surface area contributed by atoms with Crippen LogP contribution in [0.4, 0.5) is 0 Å². The fraction of sp³-hybridized carbons (Fsp3) is 0.600. The van der Waals surface area contributed by atoms with Gasteiger partial charge in [-0.25, -0.2) is 4.79 Å². The molecule has 0 bridgehead atoms. The monoisotopic (exact) mass is 245 g/mol. The summed E-state index contributed by atoms with van der Waals surface area (Å²) in [6.07, 6.45) is 8.73. The Kier molecular flexibility index (Phi) is 3.06. The molecule has 2 aliphatic carbocycles. The number of esters is 1. The highest BCUT2D eigenvalue weighted by Gasteiger charge is 2.27. The molecule has 1 heterocycles. The van der Waals surface area contributed by atoms with Crippen molar-refractivity contribution in [1.82, 2.24) is 4.98 Å². The average Bonchev–Trinajstić information content (AvgIpc) is 2.44. The summed E-state index contributed by atoms with van der Waals surface area (Å²) in [5.41, 5.74) is 5.52. The van der Waals surface area contributed by atoms with Gasteiger partial charge in [0.15, 0.2) is 0 Å². The van der Waals surface area contributed by atoms with E-state index in [2.05, 4.69) is 0 Å². The summed E-state index contributed by atoms with van der Waals surface area (Å²) in [5.74, 6) is -0.159. The summed E-state index contributed by atoms with van der Waals surface area (Å²) in [6.45, 7) is 0. The van der Waals surface area contributed by atoms with Gasteiger partial charge in [-0.3, -0.25) is 4.98 Å². The molecule has 0 amide bonds. The van der Waals surface area contributed by atoms with Gasteiger partial charge in [-0.2, -0.15) is 0 Å². The molecule has 18 heavy (non-hydrogen) atoms. The maximum absolute atomic E-state index is 12.1. The summed E-state index contributed by atoms with van der Waals surface area (Å²) >= 11 is 0. The number of hydrogen-bond acceptors (Lipinski definition) is 3. The number of pyridine rings is 1. The van der Waals surface area contributed by atoms with Crippen LogP contribution in [0, 0.1) is 0 Å². The molecule has 1 aromatic rings. The molecule has 1 aromatic heterocycles. The molecule has 0 radical (unpaired) electrons. The second-order valence-corrected chi connectivity index (χ2v) is 5.24. The van der Waals surface area contributed by atoms with Crippen molar-refractivity contribution in [2.45, 2.75) is 51.4 Å². The molecule has 3 rings (SSSR count). The second kappa shape index (κ2) is 4.71. The first-order valence-electron chi connectivity index (χ1n) is 6.93. The van der Waals surface area contributed by atoms with Crippen LogP contribution in [-0.4, -0.2) is 18.1 Å². The fourth-order valence-corrected chi connectivity index (χ4v) is 3.26. The molecule has 0 N–H and O–H groups in total. The predicted octanol–water partition coefficient (Wildman–Crippen LogP) is 2.63. The van der Waals surface area contributed by atoms with Gasteiger partial charge in [0.05, 0.1) is 12.7 Å². The van der Waals surface area contributed by atoms with Gasteiger partial charge in [-0.15, -0.1) is 0 Å². The zero-order valence-corrected chi connectivity index (χ0v) is 10.9. The van der Waals surface area contributed by atoms with Crippen LogP contribution in [0.25, 0.3) is 0 Å². The highest BCUT2D eigenvalue weighted by atomic mass is 16.5. The quantitative estimate of drug-likeness (QED) is 0.714. The summed E-state index contributed by atoms with van der Waals surface area (Å²) in [7, 11) is 1.48. The number of nitrogens with zero attached hydrogens (tertiary/aromatic N) is 1. The standard InChI is InChI=1S/C15H19NO2/c1-18-15(17)14-10-6-2-4-8-12(10)16-13-9-5-3-7-11(13)14/h2-9H2,1H3. The van der Waals surface area contributed by atoms with E-state index in [1.165, 1.54) is 31.1 Å². The van der Waals surface area contributed by atoms with Crippen molar-refractivity contribution < 1.29 is 9.53 Å². The van der Waals surface area contributed by atoms with E-state index in [-0.39, 0.29) is 5.97 Å². The minimum atomic E-state index is -0.159. The molecule has 0 saturated heterocycles. The SMILES string of the molecule is COC(=O)c1c2c(nc3c1CCCC3)CCCC2. The fourth-order valence-electron chi connectivity index (χ4n) is 3.26. The van der Waals surface area contributed by atoms with E-state index in [9.17, 15) is 4.79 Å². The number of ether oxygens (including phenoxy) is 1. The highest BCUT2D eigenvalue weighted by molar-refractivity contribution is 5.93. The molecule has 96 valence electrons. The third-order valence-corrected chi connectivity index (χ3v) is 4.14. The van der Waals surface area contributed by atoms with Crippen molar-refractivity contribution in [2.75, 3.05) is 7.11 Å². The Morgan fingerprint density at radius 3 is 1.94 bits per heavy atom. The summed E-state index contributed by atoms with van der Waals surface area (Å²) in [5, 5.41) is 0. The third kappa shape index (κ3) is 1.82. The Morgan fingerprint density at radius 2 is 1.44 bits per heavy atom. The van der Waals surface area contributed by atoms with E-state index in [0.29, 0.717) is 0 Å². The number of carbonyl (C=O) groups is 1. The van der Waals surface area contributed by atoms with E-state index in [1.807, 2.05) is 0 Å². The maximum Gasteiger partial charge on any atom is 0.338 e. The van der Waals surface area contributed by atoms with Crippen molar-refractivity contribution in [2.24, 2.45) is 0 Å². The second-order valence-electron chi connectivity index (χ2n) is 5.24. The first-order chi connectivity index (χ1) is 8.81. The first kappa shape index (κ1) is 11.7. The lowest BCUT2D eigenvalue weighted by atomic mass is 9.84.